The summed E-state index contributed by atoms with van der Waals surface area (Å²) in [4.78, 5) is 14.6. The number of sulfonamides is 1. The molecule has 0 saturated carbocycles. The highest BCUT2D eigenvalue weighted by atomic mass is 32.2. The molecule has 144 valence electrons. The average Bonchev–Trinajstić information content (AvgIpc) is 2.91. The molecule has 0 N–H and O–H groups in total. The van der Waals surface area contributed by atoms with Gasteiger partial charge in [-0.15, -0.1) is 0 Å². The second-order valence-corrected chi connectivity index (χ2v) is 9.41. The van der Waals surface area contributed by atoms with Gasteiger partial charge in [-0.05, 0) is 62.1 Å². The van der Waals surface area contributed by atoms with E-state index in [4.69, 9.17) is 0 Å². The molecule has 0 aromatic heterocycles. The summed E-state index contributed by atoms with van der Waals surface area (Å²) in [5.41, 5.74) is 5.66. The van der Waals surface area contributed by atoms with Crippen LogP contribution in [0.4, 0.5) is 5.69 Å². The highest BCUT2D eigenvalue weighted by molar-refractivity contribution is 7.92. The molecular weight excluding hydrogens is 360 g/mol. The van der Waals surface area contributed by atoms with Crippen LogP contribution in [0.5, 0.6) is 0 Å². The zero-order valence-electron chi connectivity index (χ0n) is 16.5. The third-order valence-corrected chi connectivity index (χ3v) is 6.36. The van der Waals surface area contributed by atoms with Crippen LogP contribution < -0.4 is 4.31 Å². The fourth-order valence-electron chi connectivity index (χ4n) is 3.81. The summed E-state index contributed by atoms with van der Waals surface area (Å²) in [7, 11) is -1.53. The maximum absolute atomic E-state index is 12.9. The molecule has 1 aliphatic heterocycles. The van der Waals surface area contributed by atoms with Gasteiger partial charge in [0, 0.05) is 25.2 Å². The number of fused-ring (bicyclic) bond motifs is 1. The summed E-state index contributed by atoms with van der Waals surface area (Å²) in [6.07, 6.45) is 1.83. The number of amides is 1. The highest BCUT2D eigenvalue weighted by Crippen LogP contribution is 2.35. The summed E-state index contributed by atoms with van der Waals surface area (Å²) in [5.74, 6) is -0.0665. The van der Waals surface area contributed by atoms with Gasteiger partial charge in [0.05, 0.1) is 11.9 Å². The maximum atomic E-state index is 12.9. The second kappa shape index (κ2) is 7.00. The number of anilines is 1. The predicted octanol–water partition coefficient (Wildman–Crippen LogP) is 3.29. The fourth-order valence-corrected chi connectivity index (χ4v) is 5.08. The molecule has 1 amide bonds. The standard InChI is InChI=1S/C21H26N2O3S/c1-14-6-7-18(15(2)10-14)13-22(4)21(24)17-8-9-20-19(12-17)11-16(3)23(20)27(5,25)26/h6-10,12,16H,11,13H2,1-5H3/t16-/m1/s1. The summed E-state index contributed by atoms with van der Waals surface area (Å²) in [5, 5.41) is 0. The van der Waals surface area contributed by atoms with Crippen molar-refractivity contribution in [1.29, 1.82) is 0 Å². The Kier molecular flexibility index (Phi) is 5.04. The minimum atomic E-state index is -3.33. The molecule has 1 atom stereocenters. The first kappa shape index (κ1) is 19.4. The fraction of sp³-hybridized carbons (Fsp3) is 0.381. The van der Waals surface area contributed by atoms with E-state index in [1.165, 1.54) is 21.7 Å². The lowest BCUT2D eigenvalue weighted by atomic mass is 10.0. The Hall–Kier alpha value is -2.34. The number of hydrogen-bond acceptors (Lipinski definition) is 3. The zero-order valence-corrected chi connectivity index (χ0v) is 17.3. The number of rotatable bonds is 4. The van der Waals surface area contributed by atoms with Gasteiger partial charge in [-0.2, -0.15) is 0 Å². The molecule has 0 aliphatic carbocycles. The SMILES string of the molecule is Cc1ccc(CN(C)C(=O)c2ccc3c(c2)C[C@@H](C)N3S(C)(=O)=O)c(C)c1. The van der Waals surface area contributed by atoms with Crippen LogP contribution >= 0.6 is 0 Å². The predicted molar refractivity (Wildman–Crippen MR) is 109 cm³/mol. The molecule has 1 heterocycles. The topological polar surface area (TPSA) is 57.7 Å². The quantitative estimate of drug-likeness (QED) is 0.810. The molecule has 3 rings (SSSR count). The van der Waals surface area contributed by atoms with Gasteiger partial charge in [-0.1, -0.05) is 23.8 Å². The lowest BCUT2D eigenvalue weighted by molar-refractivity contribution is 0.0785. The smallest absolute Gasteiger partial charge is 0.253 e. The number of carbonyl (C=O) groups excluding carboxylic acids is 1. The van der Waals surface area contributed by atoms with E-state index >= 15 is 0 Å². The second-order valence-electron chi connectivity index (χ2n) is 7.55. The molecule has 0 saturated heterocycles. The molecule has 27 heavy (non-hydrogen) atoms. The molecule has 6 heteroatoms. The van der Waals surface area contributed by atoms with Crippen molar-refractivity contribution < 1.29 is 13.2 Å². The molecule has 2 aromatic rings. The zero-order chi connectivity index (χ0) is 19.9. The number of hydrogen-bond donors (Lipinski definition) is 0. The maximum Gasteiger partial charge on any atom is 0.253 e. The van der Waals surface area contributed by atoms with E-state index in [1.54, 1.807) is 24.1 Å². The Balaban J connectivity index is 1.83. The van der Waals surface area contributed by atoms with Crippen LogP contribution in [0.15, 0.2) is 36.4 Å². The Morgan fingerprint density at radius 1 is 1.19 bits per heavy atom. The van der Waals surface area contributed by atoms with Crippen LogP contribution in [0.2, 0.25) is 0 Å². The van der Waals surface area contributed by atoms with Gasteiger partial charge < -0.3 is 4.90 Å². The van der Waals surface area contributed by atoms with E-state index in [1.807, 2.05) is 13.0 Å². The Labute approximate surface area is 161 Å². The van der Waals surface area contributed by atoms with Gasteiger partial charge in [0.1, 0.15) is 0 Å². The summed E-state index contributed by atoms with van der Waals surface area (Å²) in [6.45, 7) is 6.52. The third kappa shape index (κ3) is 3.86. The molecule has 0 fully saturated rings. The largest absolute Gasteiger partial charge is 0.337 e. The van der Waals surface area contributed by atoms with Gasteiger partial charge in [0.15, 0.2) is 0 Å². The van der Waals surface area contributed by atoms with Gasteiger partial charge >= 0.3 is 0 Å². The van der Waals surface area contributed by atoms with Crippen LogP contribution in [-0.2, 0) is 23.0 Å². The van der Waals surface area contributed by atoms with E-state index in [0.717, 1.165) is 11.1 Å². The van der Waals surface area contributed by atoms with Crippen LogP contribution in [0.1, 0.15) is 39.5 Å². The van der Waals surface area contributed by atoms with Crippen molar-refractivity contribution in [2.24, 2.45) is 0 Å². The van der Waals surface area contributed by atoms with E-state index < -0.39 is 10.0 Å². The van der Waals surface area contributed by atoms with E-state index in [0.29, 0.717) is 24.2 Å². The van der Waals surface area contributed by atoms with Crippen molar-refractivity contribution in [2.45, 2.75) is 39.8 Å². The summed E-state index contributed by atoms with van der Waals surface area (Å²) in [6, 6.07) is 11.4. The van der Waals surface area contributed by atoms with Gasteiger partial charge in [0.25, 0.3) is 5.91 Å². The lowest BCUT2D eigenvalue weighted by Crippen LogP contribution is -2.34. The average molecular weight is 387 g/mol. The van der Waals surface area contributed by atoms with E-state index in [9.17, 15) is 13.2 Å². The Morgan fingerprint density at radius 2 is 1.89 bits per heavy atom. The molecule has 0 bridgehead atoms. The number of nitrogens with zero attached hydrogens (tertiary/aromatic N) is 2. The Bertz CT molecular complexity index is 998. The van der Waals surface area contributed by atoms with Crippen molar-refractivity contribution in [3.05, 3.63) is 64.2 Å². The monoisotopic (exact) mass is 386 g/mol. The number of carbonyl (C=O) groups is 1. The van der Waals surface area contributed by atoms with Crippen molar-refractivity contribution in [2.75, 3.05) is 17.6 Å². The number of aryl methyl sites for hydroxylation is 2. The van der Waals surface area contributed by atoms with Crippen molar-refractivity contribution in [3.8, 4) is 0 Å². The van der Waals surface area contributed by atoms with Gasteiger partial charge in [-0.25, -0.2) is 8.42 Å². The molecule has 2 aromatic carbocycles. The third-order valence-electron chi connectivity index (χ3n) is 5.09. The van der Waals surface area contributed by atoms with Gasteiger partial charge in [0.2, 0.25) is 10.0 Å². The van der Waals surface area contributed by atoms with Crippen molar-refractivity contribution >= 4 is 21.6 Å². The first-order valence-electron chi connectivity index (χ1n) is 9.02. The molecule has 0 unspecified atom stereocenters. The molecule has 0 spiro atoms. The van der Waals surface area contributed by atoms with Crippen LogP contribution in [0, 0.1) is 13.8 Å². The molecule has 1 aliphatic rings. The van der Waals surface area contributed by atoms with E-state index in [2.05, 4.69) is 32.0 Å². The first-order chi connectivity index (χ1) is 12.6. The summed E-state index contributed by atoms with van der Waals surface area (Å²) < 4.78 is 25.5. The van der Waals surface area contributed by atoms with Crippen LogP contribution in [0.25, 0.3) is 0 Å². The highest BCUT2D eigenvalue weighted by Gasteiger charge is 2.33. The van der Waals surface area contributed by atoms with Gasteiger partial charge in [-0.3, -0.25) is 9.10 Å². The minimum Gasteiger partial charge on any atom is -0.337 e. The van der Waals surface area contributed by atoms with Crippen molar-refractivity contribution in [3.63, 3.8) is 0 Å². The normalized spacial score (nSPS) is 16.3. The first-order valence-corrected chi connectivity index (χ1v) is 10.9. The minimum absolute atomic E-state index is 0.0665. The van der Waals surface area contributed by atoms with Crippen LogP contribution in [-0.4, -0.2) is 38.6 Å². The van der Waals surface area contributed by atoms with Crippen LogP contribution in [0.3, 0.4) is 0 Å². The van der Waals surface area contributed by atoms with Crippen molar-refractivity contribution in [1.82, 2.24) is 4.90 Å². The molecule has 5 nitrogen and oxygen atoms in total. The molecular formula is C21H26N2O3S. The lowest BCUT2D eigenvalue weighted by Gasteiger charge is -2.22. The number of benzene rings is 2. The molecule has 0 radical (unpaired) electrons. The van der Waals surface area contributed by atoms with E-state index in [-0.39, 0.29) is 11.9 Å². The Morgan fingerprint density at radius 3 is 2.52 bits per heavy atom. The summed E-state index contributed by atoms with van der Waals surface area (Å²) >= 11 is 0.